The molecule has 0 aliphatic heterocycles. The lowest BCUT2D eigenvalue weighted by atomic mass is 10.1. The Kier molecular flexibility index (Phi) is 7.77. The molecular weight excluding hydrogens is 318 g/mol. The highest BCUT2D eigenvalue weighted by molar-refractivity contribution is 8.14. The summed E-state index contributed by atoms with van der Waals surface area (Å²) in [5, 5.41) is -0.236. The van der Waals surface area contributed by atoms with Crippen LogP contribution in [0.15, 0.2) is 18.2 Å². The van der Waals surface area contributed by atoms with Gasteiger partial charge >= 0.3 is 5.97 Å². The molecule has 126 valence electrons. The molecule has 0 radical (unpaired) electrons. The highest BCUT2D eigenvalue weighted by Crippen LogP contribution is 2.25. The molecule has 1 rings (SSSR count). The monoisotopic (exact) mass is 339 g/mol. The molecule has 1 amide bonds. The molecule has 0 heterocycles. The first-order valence-corrected chi connectivity index (χ1v) is 7.97. The quantitative estimate of drug-likeness (QED) is 0.704. The molecule has 0 saturated carbocycles. The first kappa shape index (κ1) is 19.2. The van der Waals surface area contributed by atoms with E-state index in [1.165, 1.54) is 19.1 Å². The molecule has 1 aromatic rings. The van der Waals surface area contributed by atoms with Crippen molar-refractivity contribution in [3.05, 3.63) is 29.3 Å². The van der Waals surface area contributed by atoms with Crippen LogP contribution in [0.3, 0.4) is 0 Å². The molecule has 23 heavy (non-hydrogen) atoms. The van der Waals surface area contributed by atoms with E-state index in [1.807, 2.05) is 32.0 Å². The number of nitrogens with zero attached hydrogens (tertiary/aromatic N) is 1. The van der Waals surface area contributed by atoms with Crippen molar-refractivity contribution in [1.82, 2.24) is 0 Å². The van der Waals surface area contributed by atoms with E-state index in [9.17, 15) is 14.4 Å². The van der Waals surface area contributed by atoms with Crippen molar-refractivity contribution < 1.29 is 23.9 Å². The number of hydrogen-bond acceptors (Lipinski definition) is 6. The molecule has 0 atom stereocenters. The third-order valence-electron chi connectivity index (χ3n) is 3.14. The minimum atomic E-state index is -0.519. The van der Waals surface area contributed by atoms with E-state index in [-0.39, 0.29) is 29.9 Å². The Morgan fingerprint density at radius 1 is 1.13 bits per heavy atom. The van der Waals surface area contributed by atoms with Gasteiger partial charge in [0.2, 0.25) is 11.0 Å². The molecule has 0 aliphatic rings. The molecule has 0 bridgehead atoms. The van der Waals surface area contributed by atoms with Gasteiger partial charge in [-0.25, -0.2) is 0 Å². The van der Waals surface area contributed by atoms with Gasteiger partial charge in [0.15, 0.2) is 0 Å². The van der Waals surface area contributed by atoms with Crippen molar-refractivity contribution in [3.8, 4) is 0 Å². The molecule has 6 nitrogen and oxygen atoms in total. The van der Waals surface area contributed by atoms with Gasteiger partial charge in [0, 0.05) is 7.11 Å². The molecular formula is C16H21NO5S. The second-order valence-electron chi connectivity index (χ2n) is 4.89. The Morgan fingerprint density at radius 2 is 1.74 bits per heavy atom. The lowest BCUT2D eigenvalue weighted by molar-refractivity contribution is -0.139. The second-order valence-corrected chi connectivity index (χ2v) is 5.92. The summed E-state index contributed by atoms with van der Waals surface area (Å²) in [4.78, 5) is 37.0. The average molecular weight is 339 g/mol. The zero-order valence-corrected chi connectivity index (χ0v) is 14.6. The van der Waals surface area contributed by atoms with Crippen LogP contribution in [0.4, 0.5) is 5.69 Å². The Hall–Kier alpha value is -1.86. The largest absolute Gasteiger partial charge is 0.468 e. The van der Waals surface area contributed by atoms with Crippen LogP contribution in [-0.4, -0.2) is 50.1 Å². The highest BCUT2D eigenvalue weighted by atomic mass is 32.2. The number of anilines is 1. The molecule has 0 aromatic heterocycles. The summed E-state index contributed by atoms with van der Waals surface area (Å²) < 4.78 is 9.40. The SMILES string of the molecule is COCC(=O)SCC(=O)N(CC(=O)OC)c1c(C)cccc1C. The van der Waals surface area contributed by atoms with Gasteiger partial charge in [-0.1, -0.05) is 30.0 Å². The molecule has 0 N–H and O–H groups in total. The van der Waals surface area contributed by atoms with Crippen LogP contribution in [0, 0.1) is 13.8 Å². The first-order valence-electron chi connectivity index (χ1n) is 6.98. The summed E-state index contributed by atoms with van der Waals surface area (Å²) in [6.07, 6.45) is 0. The fourth-order valence-corrected chi connectivity index (χ4v) is 2.74. The molecule has 7 heteroatoms. The summed E-state index contributed by atoms with van der Waals surface area (Å²) in [7, 11) is 2.69. The van der Waals surface area contributed by atoms with E-state index in [0.717, 1.165) is 22.9 Å². The van der Waals surface area contributed by atoms with E-state index < -0.39 is 5.97 Å². The lowest BCUT2D eigenvalue weighted by Gasteiger charge is -2.25. The zero-order chi connectivity index (χ0) is 17.4. The van der Waals surface area contributed by atoms with Crippen LogP contribution in [0.5, 0.6) is 0 Å². The Morgan fingerprint density at radius 3 is 2.26 bits per heavy atom. The van der Waals surface area contributed by atoms with Crippen molar-refractivity contribution in [2.75, 3.05) is 38.0 Å². The van der Waals surface area contributed by atoms with Gasteiger partial charge in [0.25, 0.3) is 0 Å². The lowest BCUT2D eigenvalue weighted by Crippen LogP contribution is -2.38. The van der Waals surface area contributed by atoms with Gasteiger partial charge in [-0.3, -0.25) is 19.3 Å². The van der Waals surface area contributed by atoms with Gasteiger partial charge in [-0.2, -0.15) is 0 Å². The maximum atomic E-state index is 12.5. The topological polar surface area (TPSA) is 72.9 Å². The summed E-state index contributed by atoms with van der Waals surface area (Å²) in [5.41, 5.74) is 2.41. The van der Waals surface area contributed by atoms with E-state index in [4.69, 9.17) is 4.74 Å². The second kappa shape index (κ2) is 9.32. The summed E-state index contributed by atoms with van der Waals surface area (Å²) in [5.74, 6) is -0.913. The van der Waals surface area contributed by atoms with Crippen LogP contribution >= 0.6 is 11.8 Å². The van der Waals surface area contributed by atoms with Gasteiger partial charge in [-0.15, -0.1) is 0 Å². The normalized spacial score (nSPS) is 10.3. The molecule has 0 fully saturated rings. The summed E-state index contributed by atoms with van der Waals surface area (Å²) >= 11 is 0.871. The number of carbonyl (C=O) groups excluding carboxylic acids is 3. The van der Waals surface area contributed by atoms with E-state index in [1.54, 1.807) is 0 Å². The maximum absolute atomic E-state index is 12.5. The fourth-order valence-electron chi connectivity index (χ4n) is 2.10. The number of methoxy groups -OCH3 is 2. The number of benzene rings is 1. The Labute approximate surface area is 140 Å². The minimum Gasteiger partial charge on any atom is -0.468 e. The fraction of sp³-hybridized carbons (Fsp3) is 0.438. The predicted octanol–water partition coefficient (Wildman–Crippen LogP) is 1.72. The minimum absolute atomic E-state index is 0.0572. The predicted molar refractivity (Wildman–Crippen MR) is 89.6 cm³/mol. The van der Waals surface area contributed by atoms with E-state index in [2.05, 4.69) is 4.74 Å². The molecule has 0 spiro atoms. The third kappa shape index (κ3) is 5.69. The van der Waals surface area contributed by atoms with Crippen molar-refractivity contribution in [2.45, 2.75) is 13.8 Å². The number of hydrogen-bond donors (Lipinski definition) is 0. The number of carbonyl (C=O) groups is 3. The summed E-state index contributed by atoms with van der Waals surface area (Å²) in [6, 6.07) is 5.61. The van der Waals surface area contributed by atoms with E-state index in [0.29, 0.717) is 5.69 Å². The van der Waals surface area contributed by atoms with Crippen LogP contribution < -0.4 is 4.90 Å². The smallest absolute Gasteiger partial charge is 0.325 e. The van der Waals surface area contributed by atoms with Gasteiger partial charge in [0.05, 0.1) is 18.6 Å². The average Bonchev–Trinajstić information content (AvgIpc) is 2.51. The third-order valence-corrected chi connectivity index (χ3v) is 3.98. The van der Waals surface area contributed by atoms with Crippen LogP contribution in [0.2, 0.25) is 0 Å². The van der Waals surface area contributed by atoms with Gasteiger partial charge in [0.1, 0.15) is 13.2 Å². The van der Waals surface area contributed by atoms with Gasteiger partial charge in [-0.05, 0) is 25.0 Å². The van der Waals surface area contributed by atoms with Crippen LogP contribution in [0.25, 0.3) is 0 Å². The zero-order valence-electron chi connectivity index (χ0n) is 13.8. The number of esters is 1. The van der Waals surface area contributed by atoms with Crippen molar-refractivity contribution in [1.29, 1.82) is 0 Å². The Bertz CT molecular complexity index is 568. The van der Waals surface area contributed by atoms with Crippen molar-refractivity contribution in [2.24, 2.45) is 0 Å². The van der Waals surface area contributed by atoms with Crippen molar-refractivity contribution in [3.63, 3.8) is 0 Å². The number of amides is 1. The first-order chi connectivity index (χ1) is 10.9. The number of para-hydroxylation sites is 1. The molecule has 0 unspecified atom stereocenters. The maximum Gasteiger partial charge on any atom is 0.325 e. The number of thioether (sulfide) groups is 1. The highest BCUT2D eigenvalue weighted by Gasteiger charge is 2.23. The summed E-state index contributed by atoms with van der Waals surface area (Å²) in [6.45, 7) is 3.48. The van der Waals surface area contributed by atoms with Gasteiger partial charge < -0.3 is 9.47 Å². The Balaban J connectivity index is 2.99. The van der Waals surface area contributed by atoms with Crippen molar-refractivity contribution >= 4 is 34.4 Å². The molecule has 0 aliphatic carbocycles. The van der Waals surface area contributed by atoms with Crippen LogP contribution in [-0.2, 0) is 23.9 Å². The number of aryl methyl sites for hydroxylation is 2. The molecule has 0 saturated heterocycles. The number of rotatable bonds is 7. The van der Waals surface area contributed by atoms with E-state index >= 15 is 0 Å². The number of ether oxygens (including phenoxy) is 2. The van der Waals surface area contributed by atoms with Crippen LogP contribution in [0.1, 0.15) is 11.1 Å². The molecule has 1 aromatic carbocycles. The standard InChI is InChI=1S/C16H21NO5S/c1-11-6-5-7-12(2)16(11)17(8-14(19)22-4)13(18)10-23-15(20)9-21-3/h5-7H,8-10H2,1-4H3.